The van der Waals surface area contributed by atoms with Crippen molar-refractivity contribution in [2.45, 2.75) is 55.4 Å². The standard InChI is InChI=1S/C54H48N2/c1-33-25-37(5)51-47(29-33)48-30-34(2)26-38(6)52(48)55(51)45-21-17-43(18-22-45)15-13-41-9-11-42(12-10-41)14-16-44-19-23-46(24-20-44)56-53-39(7)27-35(3)31-49(53)50-32-36(4)28-40(8)54(50)56/h9-32H,1-8H3/b15-13+,16-14+. The molecule has 0 atom stereocenters. The van der Waals surface area contributed by atoms with Crippen LogP contribution in [0, 0.1) is 55.4 Å². The lowest BCUT2D eigenvalue weighted by Gasteiger charge is -2.12. The van der Waals surface area contributed by atoms with Crippen molar-refractivity contribution >= 4 is 67.9 Å². The molecule has 2 aromatic heterocycles. The average molecular weight is 725 g/mol. The van der Waals surface area contributed by atoms with Gasteiger partial charge in [-0.05, 0) is 148 Å². The highest BCUT2D eigenvalue weighted by Crippen LogP contribution is 2.39. The molecule has 2 nitrogen and oxygen atoms in total. The molecule has 0 saturated heterocycles. The Balaban J connectivity index is 0.934. The molecule has 0 amide bonds. The summed E-state index contributed by atoms with van der Waals surface area (Å²) < 4.78 is 4.91. The number of fused-ring (bicyclic) bond motifs is 6. The molecular formula is C54H48N2. The summed E-state index contributed by atoms with van der Waals surface area (Å²) in [6, 6.07) is 45.2. The minimum atomic E-state index is 1.18. The molecule has 9 rings (SSSR count). The summed E-state index contributed by atoms with van der Waals surface area (Å²) >= 11 is 0. The van der Waals surface area contributed by atoms with E-state index < -0.39 is 0 Å². The third-order valence-electron chi connectivity index (χ3n) is 11.4. The molecule has 2 heteroatoms. The smallest absolute Gasteiger partial charge is 0.0570 e. The summed E-state index contributed by atoms with van der Waals surface area (Å²) in [5, 5.41) is 5.32. The normalized spacial score (nSPS) is 12.1. The molecule has 0 radical (unpaired) electrons. The first-order valence-electron chi connectivity index (χ1n) is 19.7. The monoisotopic (exact) mass is 724 g/mol. The van der Waals surface area contributed by atoms with E-state index in [9.17, 15) is 0 Å². The lowest BCUT2D eigenvalue weighted by atomic mass is 10.0. The lowest BCUT2D eigenvalue weighted by Crippen LogP contribution is -1.97. The highest BCUT2D eigenvalue weighted by atomic mass is 15.0. The topological polar surface area (TPSA) is 9.86 Å². The van der Waals surface area contributed by atoms with Gasteiger partial charge in [-0.25, -0.2) is 0 Å². The van der Waals surface area contributed by atoms with Crippen molar-refractivity contribution in [3.8, 4) is 11.4 Å². The van der Waals surface area contributed by atoms with Gasteiger partial charge in [0.1, 0.15) is 0 Å². The second-order valence-electron chi connectivity index (χ2n) is 16.1. The van der Waals surface area contributed by atoms with E-state index >= 15 is 0 Å². The maximum absolute atomic E-state index is 2.46. The van der Waals surface area contributed by atoms with Crippen LogP contribution in [0.1, 0.15) is 66.8 Å². The summed E-state index contributed by atoms with van der Waals surface area (Å²) in [7, 11) is 0. The zero-order valence-electron chi connectivity index (χ0n) is 33.8. The van der Waals surface area contributed by atoms with Gasteiger partial charge in [-0.1, -0.05) is 119 Å². The maximum Gasteiger partial charge on any atom is 0.0570 e. The summed E-state index contributed by atoms with van der Waals surface area (Å²) in [4.78, 5) is 0. The Hall–Kier alpha value is -6.38. The quantitative estimate of drug-likeness (QED) is 0.151. The van der Waals surface area contributed by atoms with Gasteiger partial charge in [0.15, 0.2) is 0 Å². The van der Waals surface area contributed by atoms with E-state index in [0.29, 0.717) is 0 Å². The fourth-order valence-electron chi connectivity index (χ4n) is 9.16. The molecule has 0 saturated carbocycles. The van der Waals surface area contributed by atoms with E-state index in [1.807, 2.05) is 0 Å². The zero-order valence-corrected chi connectivity index (χ0v) is 33.8. The number of benzene rings is 7. The summed E-state index contributed by atoms with van der Waals surface area (Å²) in [6.07, 6.45) is 8.80. The Labute approximate surface area is 330 Å². The van der Waals surface area contributed by atoms with Crippen LogP contribution in [0.25, 0.3) is 79.3 Å². The molecule has 0 fully saturated rings. The van der Waals surface area contributed by atoms with Crippen molar-refractivity contribution in [2.24, 2.45) is 0 Å². The Morgan fingerprint density at radius 3 is 0.732 bits per heavy atom. The Kier molecular flexibility index (Phi) is 8.66. The molecule has 9 aromatic rings. The summed E-state index contributed by atoms with van der Waals surface area (Å²) in [5.41, 5.74) is 22.7. The van der Waals surface area contributed by atoms with Gasteiger partial charge in [0.05, 0.1) is 22.1 Å². The van der Waals surface area contributed by atoms with Crippen LogP contribution in [0.5, 0.6) is 0 Å². The first-order chi connectivity index (χ1) is 27.0. The average Bonchev–Trinajstić information content (AvgIpc) is 3.67. The van der Waals surface area contributed by atoms with E-state index in [2.05, 4.69) is 210 Å². The Morgan fingerprint density at radius 2 is 0.500 bits per heavy atom. The van der Waals surface area contributed by atoms with Gasteiger partial charge in [-0.3, -0.25) is 0 Å². The highest BCUT2D eigenvalue weighted by Gasteiger charge is 2.18. The van der Waals surface area contributed by atoms with Gasteiger partial charge in [-0.2, -0.15) is 0 Å². The number of hydrogen-bond acceptors (Lipinski definition) is 0. The van der Waals surface area contributed by atoms with Crippen molar-refractivity contribution < 1.29 is 0 Å². The number of nitrogens with zero attached hydrogens (tertiary/aromatic N) is 2. The molecule has 0 unspecified atom stereocenters. The van der Waals surface area contributed by atoms with E-state index in [1.54, 1.807) is 0 Å². The number of aromatic nitrogens is 2. The van der Waals surface area contributed by atoms with Gasteiger partial charge in [0.2, 0.25) is 0 Å². The second-order valence-corrected chi connectivity index (χ2v) is 16.1. The van der Waals surface area contributed by atoms with Crippen molar-refractivity contribution in [3.05, 3.63) is 188 Å². The minimum absolute atomic E-state index is 1.18. The molecule has 56 heavy (non-hydrogen) atoms. The molecule has 0 N–H and O–H groups in total. The Morgan fingerprint density at radius 1 is 0.286 bits per heavy atom. The van der Waals surface area contributed by atoms with Crippen molar-refractivity contribution in [3.63, 3.8) is 0 Å². The van der Waals surface area contributed by atoms with E-state index in [0.717, 1.165) is 0 Å². The van der Waals surface area contributed by atoms with Crippen molar-refractivity contribution in [1.82, 2.24) is 9.13 Å². The summed E-state index contributed by atoms with van der Waals surface area (Å²) in [5.74, 6) is 0. The third-order valence-corrected chi connectivity index (χ3v) is 11.4. The molecule has 0 bridgehead atoms. The predicted octanol–water partition coefficient (Wildman–Crippen LogP) is 14.7. The first-order valence-corrected chi connectivity index (χ1v) is 19.7. The Bertz CT molecular complexity index is 2710. The zero-order chi connectivity index (χ0) is 38.8. The number of hydrogen-bond donors (Lipinski definition) is 0. The molecule has 7 aromatic carbocycles. The molecule has 2 heterocycles. The van der Waals surface area contributed by atoms with Gasteiger partial charge >= 0.3 is 0 Å². The first kappa shape index (κ1) is 35.3. The molecule has 0 aliphatic rings. The van der Waals surface area contributed by atoms with Crippen LogP contribution < -0.4 is 0 Å². The SMILES string of the molecule is Cc1cc(C)c2c(c1)c1cc(C)cc(C)c1n2-c1ccc(/C=C/c2ccc(/C=C/c3ccc(-n4c5c(C)cc(C)cc5c5cc(C)cc(C)c54)cc3)cc2)cc1. The van der Waals surface area contributed by atoms with Crippen LogP contribution in [-0.2, 0) is 0 Å². The van der Waals surface area contributed by atoms with Gasteiger partial charge in [0, 0.05) is 32.9 Å². The number of aryl methyl sites for hydroxylation is 8. The largest absolute Gasteiger partial charge is 0.309 e. The van der Waals surface area contributed by atoms with Gasteiger partial charge in [-0.15, -0.1) is 0 Å². The minimum Gasteiger partial charge on any atom is -0.309 e. The molecular weight excluding hydrogens is 677 g/mol. The molecule has 274 valence electrons. The highest BCUT2D eigenvalue weighted by molar-refractivity contribution is 6.13. The fourth-order valence-corrected chi connectivity index (χ4v) is 9.16. The summed E-state index contributed by atoms with van der Waals surface area (Å²) in [6.45, 7) is 17.7. The third kappa shape index (κ3) is 6.16. The van der Waals surface area contributed by atoms with Crippen molar-refractivity contribution in [1.29, 1.82) is 0 Å². The van der Waals surface area contributed by atoms with E-state index in [1.165, 1.54) is 122 Å². The van der Waals surface area contributed by atoms with Crippen molar-refractivity contribution in [2.75, 3.05) is 0 Å². The number of rotatable bonds is 6. The van der Waals surface area contributed by atoms with Crippen LogP contribution in [-0.4, -0.2) is 9.13 Å². The molecule has 0 aliphatic carbocycles. The van der Waals surface area contributed by atoms with Crippen LogP contribution in [0.2, 0.25) is 0 Å². The van der Waals surface area contributed by atoms with Crippen LogP contribution in [0.15, 0.2) is 121 Å². The second kappa shape index (κ2) is 13.7. The predicted molar refractivity (Wildman–Crippen MR) is 244 cm³/mol. The van der Waals surface area contributed by atoms with Crippen LogP contribution >= 0.6 is 0 Å². The van der Waals surface area contributed by atoms with Crippen LogP contribution in [0.4, 0.5) is 0 Å². The molecule has 0 aliphatic heterocycles. The fraction of sp³-hybridized carbons (Fsp3) is 0.148. The lowest BCUT2D eigenvalue weighted by molar-refractivity contribution is 1.15. The van der Waals surface area contributed by atoms with Crippen LogP contribution in [0.3, 0.4) is 0 Å². The maximum atomic E-state index is 2.46. The van der Waals surface area contributed by atoms with Gasteiger partial charge < -0.3 is 9.13 Å². The van der Waals surface area contributed by atoms with E-state index in [-0.39, 0.29) is 0 Å². The van der Waals surface area contributed by atoms with Gasteiger partial charge in [0.25, 0.3) is 0 Å². The molecule has 0 spiro atoms. The van der Waals surface area contributed by atoms with E-state index in [4.69, 9.17) is 0 Å².